The van der Waals surface area contributed by atoms with Crippen molar-refractivity contribution in [1.29, 1.82) is 0 Å². The number of ether oxygens (including phenoxy) is 1. The number of rotatable bonds is 4. The molecule has 0 bridgehead atoms. The third kappa shape index (κ3) is 2.97. The Kier molecular flexibility index (Phi) is 4.31. The summed E-state index contributed by atoms with van der Waals surface area (Å²) in [6.07, 6.45) is 0. The minimum atomic E-state index is -1.25. The number of ketones is 2. The lowest BCUT2D eigenvalue weighted by atomic mass is 9.92. The predicted octanol–water partition coefficient (Wildman–Crippen LogP) is 0.590. The fourth-order valence-electron chi connectivity index (χ4n) is 0.934. The van der Waals surface area contributed by atoms with Crippen LogP contribution in [0.2, 0.25) is 0 Å². The van der Waals surface area contributed by atoms with Gasteiger partial charge in [0, 0.05) is 5.92 Å². The van der Waals surface area contributed by atoms with Gasteiger partial charge in [-0.25, -0.2) is 0 Å². The van der Waals surface area contributed by atoms with Crippen LogP contribution >= 0.6 is 0 Å². The molecule has 0 aromatic heterocycles. The first-order valence-electron chi connectivity index (χ1n) is 4.03. The fourth-order valence-corrected chi connectivity index (χ4v) is 0.934. The summed E-state index contributed by atoms with van der Waals surface area (Å²) in [5.41, 5.74) is 0. The van der Waals surface area contributed by atoms with E-state index < -0.39 is 17.7 Å². The topological polar surface area (TPSA) is 60.4 Å². The molecule has 1 atom stereocenters. The third-order valence-electron chi connectivity index (χ3n) is 1.70. The summed E-state index contributed by atoms with van der Waals surface area (Å²) in [4.78, 5) is 33.4. The second-order valence-corrected chi connectivity index (χ2v) is 3.12. The van der Waals surface area contributed by atoms with E-state index in [0.717, 1.165) is 7.11 Å². The molecule has 0 aromatic carbocycles. The highest BCUT2D eigenvalue weighted by atomic mass is 16.5. The van der Waals surface area contributed by atoms with Crippen molar-refractivity contribution in [3.63, 3.8) is 0 Å². The number of hydrogen-bond acceptors (Lipinski definition) is 4. The zero-order valence-electron chi connectivity index (χ0n) is 8.29. The smallest absolute Gasteiger partial charge is 0.323 e. The summed E-state index contributed by atoms with van der Waals surface area (Å²) in [5.74, 6) is -3.21. The van der Waals surface area contributed by atoms with Gasteiger partial charge >= 0.3 is 5.97 Å². The number of Topliss-reactive ketones (excluding diaryl/α,β-unsaturated/α-hetero) is 2. The zero-order chi connectivity index (χ0) is 10.6. The van der Waals surface area contributed by atoms with Gasteiger partial charge in [0.15, 0.2) is 17.5 Å². The molecule has 0 amide bonds. The van der Waals surface area contributed by atoms with Crippen LogP contribution in [0.5, 0.6) is 0 Å². The second-order valence-electron chi connectivity index (χ2n) is 3.12. The highest BCUT2D eigenvalue weighted by molar-refractivity contribution is 6.16. The van der Waals surface area contributed by atoms with E-state index >= 15 is 0 Å². The molecule has 0 spiro atoms. The summed E-state index contributed by atoms with van der Waals surface area (Å²) >= 11 is 0. The van der Waals surface area contributed by atoms with Crippen LogP contribution in [0.4, 0.5) is 0 Å². The average Bonchev–Trinajstić information content (AvgIpc) is 2.03. The van der Waals surface area contributed by atoms with Gasteiger partial charge < -0.3 is 4.74 Å². The van der Waals surface area contributed by atoms with Gasteiger partial charge in [-0.2, -0.15) is 0 Å². The highest BCUT2D eigenvalue weighted by Gasteiger charge is 2.33. The Morgan fingerprint density at radius 3 is 1.85 bits per heavy atom. The average molecular weight is 186 g/mol. The first-order valence-corrected chi connectivity index (χ1v) is 4.03. The van der Waals surface area contributed by atoms with Crippen LogP contribution in [0, 0.1) is 11.8 Å². The molecule has 0 aliphatic carbocycles. The van der Waals surface area contributed by atoms with Gasteiger partial charge in [0.2, 0.25) is 0 Å². The minimum Gasteiger partial charge on any atom is -0.468 e. The van der Waals surface area contributed by atoms with Crippen molar-refractivity contribution in [1.82, 2.24) is 0 Å². The number of hydrogen-bond donors (Lipinski definition) is 0. The van der Waals surface area contributed by atoms with E-state index in [1.807, 2.05) is 0 Å². The van der Waals surface area contributed by atoms with E-state index in [2.05, 4.69) is 4.74 Å². The van der Waals surface area contributed by atoms with E-state index in [9.17, 15) is 14.4 Å². The number of esters is 1. The van der Waals surface area contributed by atoms with Gasteiger partial charge in [-0.15, -0.1) is 0 Å². The molecule has 0 fully saturated rings. The lowest BCUT2D eigenvalue weighted by Crippen LogP contribution is -2.34. The Bertz CT molecular complexity index is 230. The monoisotopic (exact) mass is 186 g/mol. The van der Waals surface area contributed by atoms with Crippen LogP contribution < -0.4 is 0 Å². The molecule has 0 aliphatic heterocycles. The van der Waals surface area contributed by atoms with Gasteiger partial charge in [-0.3, -0.25) is 14.4 Å². The Balaban J connectivity index is 4.72. The van der Waals surface area contributed by atoms with Crippen molar-refractivity contribution >= 4 is 17.5 Å². The van der Waals surface area contributed by atoms with E-state index in [0.29, 0.717) is 0 Å². The molecular weight excluding hydrogens is 172 g/mol. The molecule has 0 N–H and O–H groups in total. The first-order chi connectivity index (χ1) is 5.91. The van der Waals surface area contributed by atoms with Crippen molar-refractivity contribution in [2.45, 2.75) is 20.8 Å². The number of carbonyl (C=O) groups is 3. The maximum atomic E-state index is 11.4. The van der Waals surface area contributed by atoms with Gasteiger partial charge in [0.05, 0.1) is 7.11 Å². The standard InChI is InChI=1S/C9H14O4/c1-5(2)8(11)7(6(3)10)9(12)13-4/h5,7H,1-4H3/t7-/m0/s1. The van der Waals surface area contributed by atoms with Crippen LogP contribution in [-0.4, -0.2) is 24.6 Å². The van der Waals surface area contributed by atoms with Crippen molar-refractivity contribution in [3.8, 4) is 0 Å². The maximum Gasteiger partial charge on any atom is 0.323 e. The van der Waals surface area contributed by atoms with Crippen LogP contribution in [0.25, 0.3) is 0 Å². The quantitative estimate of drug-likeness (QED) is 0.476. The SMILES string of the molecule is COC(=O)[C@@H](C(C)=O)C(=O)C(C)C. The normalized spacial score (nSPS) is 12.4. The highest BCUT2D eigenvalue weighted by Crippen LogP contribution is 2.09. The molecule has 0 heterocycles. The van der Waals surface area contributed by atoms with Crippen LogP contribution in [-0.2, 0) is 19.1 Å². The molecule has 0 radical (unpaired) electrons. The summed E-state index contributed by atoms with van der Waals surface area (Å²) in [7, 11) is 1.16. The van der Waals surface area contributed by atoms with Crippen molar-refractivity contribution in [2.75, 3.05) is 7.11 Å². The van der Waals surface area contributed by atoms with Gasteiger partial charge in [-0.1, -0.05) is 13.8 Å². The lowest BCUT2D eigenvalue weighted by Gasteiger charge is -2.11. The van der Waals surface area contributed by atoms with Crippen molar-refractivity contribution in [3.05, 3.63) is 0 Å². The van der Waals surface area contributed by atoms with Crippen molar-refractivity contribution < 1.29 is 19.1 Å². The van der Waals surface area contributed by atoms with Gasteiger partial charge in [-0.05, 0) is 6.92 Å². The summed E-state index contributed by atoms with van der Waals surface area (Å²) in [5, 5.41) is 0. The predicted molar refractivity (Wildman–Crippen MR) is 46.0 cm³/mol. The van der Waals surface area contributed by atoms with Crippen LogP contribution in [0.15, 0.2) is 0 Å². The van der Waals surface area contributed by atoms with E-state index in [1.165, 1.54) is 6.92 Å². The first kappa shape index (κ1) is 11.8. The molecule has 4 nitrogen and oxygen atoms in total. The Morgan fingerprint density at radius 1 is 1.15 bits per heavy atom. The Hall–Kier alpha value is -1.19. The summed E-state index contributed by atoms with van der Waals surface area (Å²) in [6, 6.07) is 0. The molecule has 74 valence electrons. The van der Waals surface area contributed by atoms with E-state index in [-0.39, 0.29) is 11.7 Å². The fraction of sp³-hybridized carbons (Fsp3) is 0.667. The largest absolute Gasteiger partial charge is 0.468 e. The van der Waals surface area contributed by atoms with E-state index in [1.54, 1.807) is 13.8 Å². The zero-order valence-corrected chi connectivity index (χ0v) is 8.29. The molecule has 0 saturated heterocycles. The number of methoxy groups -OCH3 is 1. The molecule has 0 unspecified atom stereocenters. The van der Waals surface area contributed by atoms with Crippen molar-refractivity contribution in [2.24, 2.45) is 11.8 Å². The Morgan fingerprint density at radius 2 is 1.62 bits per heavy atom. The van der Waals surface area contributed by atoms with Crippen LogP contribution in [0.3, 0.4) is 0 Å². The second kappa shape index (κ2) is 4.74. The molecule has 4 heteroatoms. The molecule has 0 saturated carbocycles. The van der Waals surface area contributed by atoms with Gasteiger partial charge in [0.25, 0.3) is 0 Å². The third-order valence-corrected chi connectivity index (χ3v) is 1.70. The summed E-state index contributed by atoms with van der Waals surface area (Å²) in [6.45, 7) is 4.49. The summed E-state index contributed by atoms with van der Waals surface area (Å²) < 4.78 is 4.36. The number of carbonyl (C=O) groups excluding carboxylic acids is 3. The molecular formula is C9H14O4. The Labute approximate surface area is 77.3 Å². The van der Waals surface area contributed by atoms with Gasteiger partial charge in [0.1, 0.15) is 0 Å². The molecule has 13 heavy (non-hydrogen) atoms. The molecule has 0 aromatic rings. The van der Waals surface area contributed by atoms with Crippen LogP contribution in [0.1, 0.15) is 20.8 Å². The lowest BCUT2D eigenvalue weighted by molar-refractivity contribution is -0.153. The molecule has 0 aliphatic rings. The maximum absolute atomic E-state index is 11.4. The molecule has 0 rings (SSSR count). The minimum absolute atomic E-state index is 0.340. The van der Waals surface area contributed by atoms with E-state index in [4.69, 9.17) is 0 Å².